The van der Waals surface area contributed by atoms with Gasteiger partial charge in [-0.15, -0.1) is 0 Å². The molecule has 0 spiro atoms. The lowest BCUT2D eigenvalue weighted by Crippen LogP contribution is -2.12. The molecule has 0 aromatic rings. The summed E-state index contributed by atoms with van der Waals surface area (Å²) in [6.45, 7) is 2.14. The smallest absolute Gasteiger partial charge is 0.0472 e. The predicted molar refractivity (Wildman–Crippen MR) is 37.6 cm³/mol. The number of allylic oxidation sites excluding steroid dienone is 1. The summed E-state index contributed by atoms with van der Waals surface area (Å²) in [6.07, 6.45) is 5.24. The standard InChI is InChI=1S/C7H10N2/c1-4-9-7-2-3-8-5-6(1)7/h2-3,6,9H,1,4-5H2. The normalized spacial score (nSPS) is 31.1. The molecule has 0 aliphatic carbocycles. The van der Waals surface area contributed by atoms with Gasteiger partial charge in [0.1, 0.15) is 0 Å². The second-order valence-corrected chi connectivity index (χ2v) is 2.55. The van der Waals surface area contributed by atoms with Crippen molar-refractivity contribution in [2.24, 2.45) is 10.9 Å². The van der Waals surface area contributed by atoms with Crippen molar-refractivity contribution in [3.63, 3.8) is 0 Å². The summed E-state index contributed by atoms with van der Waals surface area (Å²) in [4.78, 5) is 4.18. The Labute approximate surface area is 54.7 Å². The zero-order chi connectivity index (χ0) is 6.10. The second kappa shape index (κ2) is 1.87. The van der Waals surface area contributed by atoms with E-state index in [-0.39, 0.29) is 0 Å². The Morgan fingerprint density at radius 3 is 3.56 bits per heavy atom. The zero-order valence-electron chi connectivity index (χ0n) is 5.30. The van der Waals surface area contributed by atoms with Crippen molar-refractivity contribution >= 4 is 6.21 Å². The number of nitrogens with one attached hydrogen (secondary N) is 1. The van der Waals surface area contributed by atoms with E-state index in [2.05, 4.69) is 16.4 Å². The summed E-state index contributed by atoms with van der Waals surface area (Å²) in [6, 6.07) is 0. The van der Waals surface area contributed by atoms with E-state index in [9.17, 15) is 0 Å². The van der Waals surface area contributed by atoms with Gasteiger partial charge in [0.05, 0.1) is 0 Å². The molecule has 9 heavy (non-hydrogen) atoms. The zero-order valence-corrected chi connectivity index (χ0v) is 5.30. The molecule has 0 radical (unpaired) electrons. The van der Waals surface area contributed by atoms with Crippen molar-refractivity contribution in [3.8, 4) is 0 Å². The van der Waals surface area contributed by atoms with E-state index >= 15 is 0 Å². The number of hydrogen-bond donors (Lipinski definition) is 1. The van der Waals surface area contributed by atoms with Gasteiger partial charge >= 0.3 is 0 Å². The third-order valence-electron chi connectivity index (χ3n) is 1.95. The van der Waals surface area contributed by atoms with Gasteiger partial charge in [-0.05, 0) is 12.5 Å². The Morgan fingerprint density at radius 1 is 1.67 bits per heavy atom. The van der Waals surface area contributed by atoms with Gasteiger partial charge in [-0.2, -0.15) is 0 Å². The molecule has 1 N–H and O–H groups in total. The van der Waals surface area contributed by atoms with Gasteiger partial charge in [-0.25, -0.2) is 0 Å². The lowest BCUT2D eigenvalue weighted by Gasteiger charge is -2.09. The first-order chi connectivity index (χ1) is 4.47. The summed E-state index contributed by atoms with van der Waals surface area (Å²) in [7, 11) is 0. The minimum absolute atomic E-state index is 0.718. The summed E-state index contributed by atoms with van der Waals surface area (Å²) < 4.78 is 0. The summed E-state index contributed by atoms with van der Waals surface area (Å²) >= 11 is 0. The maximum Gasteiger partial charge on any atom is 0.0472 e. The van der Waals surface area contributed by atoms with Crippen molar-refractivity contribution in [1.29, 1.82) is 0 Å². The molecule has 0 aromatic carbocycles. The van der Waals surface area contributed by atoms with Crippen LogP contribution in [0.4, 0.5) is 0 Å². The molecule has 0 bridgehead atoms. The van der Waals surface area contributed by atoms with Gasteiger partial charge < -0.3 is 5.32 Å². The molecular formula is C7H10N2. The van der Waals surface area contributed by atoms with Crippen LogP contribution in [-0.2, 0) is 0 Å². The largest absolute Gasteiger partial charge is 0.388 e. The number of nitrogens with zero attached hydrogens (tertiary/aromatic N) is 1. The molecule has 48 valence electrons. The van der Waals surface area contributed by atoms with Crippen LogP contribution in [0.1, 0.15) is 6.42 Å². The minimum atomic E-state index is 0.718. The molecule has 2 aliphatic heterocycles. The highest BCUT2D eigenvalue weighted by Crippen LogP contribution is 2.20. The van der Waals surface area contributed by atoms with Crippen LogP contribution in [0.15, 0.2) is 16.8 Å². The topological polar surface area (TPSA) is 24.4 Å². The van der Waals surface area contributed by atoms with Gasteiger partial charge in [0.2, 0.25) is 0 Å². The SMILES string of the molecule is C1=NCC2CCNC2=C1. The first-order valence-electron chi connectivity index (χ1n) is 3.41. The highest BCUT2D eigenvalue weighted by atomic mass is 14.9. The molecule has 1 atom stereocenters. The third-order valence-corrected chi connectivity index (χ3v) is 1.95. The molecule has 2 aliphatic rings. The fraction of sp³-hybridized carbons (Fsp3) is 0.571. The Hall–Kier alpha value is -0.790. The van der Waals surface area contributed by atoms with E-state index in [1.807, 2.05) is 6.21 Å². The quantitative estimate of drug-likeness (QED) is 0.499. The van der Waals surface area contributed by atoms with E-state index in [1.54, 1.807) is 0 Å². The van der Waals surface area contributed by atoms with Gasteiger partial charge in [0, 0.05) is 30.9 Å². The van der Waals surface area contributed by atoms with Crippen LogP contribution in [0.5, 0.6) is 0 Å². The Morgan fingerprint density at radius 2 is 2.67 bits per heavy atom. The van der Waals surface area contributed by atoms with Crippen molar-refractivity contribution < 1.29 is 0 Å². The summed E-state index contributed by atoms with van der Waals surface area (Å²) in [5.74, 6) is 0.718. The minimum Gasteiger partial charge on any atom is -0.388 e. The molecule has 1 unspecified atom stereocenters. The first-order valence-corrected chi connectivity index (χ1v) is 3.41. The van der Waals surface area contributed by atoms with Gasteiger partial charge in [0.15, 0.2) is 0 Å². The summed E-state index contributed by atoms with van der Waals surface area (Å²) in [5, 5.41) is 3.33. The first kappa shape index (κ1) is 5.03. The molecule has 2 rings (SSSR count). The van der Waals surface area contributed by atoms with Crippen LogP contribution < -0.4 is 5.32 Å². The lowest BCUT2D eigenvalue weighted by molar-refractivity contribution is 0.651. The fourth-order valence-corrected chi connectivity index (χ4v) is 1.40. The molecule has 0 amide bonds. The second-order valence-electron chi connectivity index (χ2n) is 2.55. The molecule has 1 saturated heterocycles. The third kappa shape index (κ3) is 0.745. The van der Waals surface area contributed by atoms with E-state index in [0.717, 1.165) is 19.0 Å². The Bertz CT molecular complexity index is 170. The van der Waals surface area contributed by atoms with Crippen LogP contribution in [0, 0.1) is 5.92 Å². The molecular weight excluding hydrogens is 112 g/mol. The van der Waals surface area contributed by atoms with Gasteiger partial charge in [-0.3, -0.25) is 4.99 Å². The van der Waals surface area contributed by atoms with E-state index in [0.29, 0.717) is 0 Å². The number of rotatable bonds is 0. The predicted octanol–water partition coefficient (Wildman–Crippen LogP) is 0.564. The maximum absolute atomic E-state index is 4.18. The fourth-order valence-electron chi connectivity index (χ4n) is 1.40. The number of dihydropyridines is 1. The van der Waals surface area contributed by atoms with Crippen LogP contribution in [-0.4, -0.2) is 19.3 Å². The molecule has 0 aromatic heterocycles. The van der Waals surface area contributed by atoms with Crippen LogP contribution >= 0.6 is 0 Å². The molecule has 2 nitrogen and oxygen atoms in total. The van der Waals surface area contributed by atoms with Crippen LogP contribution in [0.2, 0.25) is 0 Å². The van der Waals surface area contributed by atoms with E-state index < -0.39 is 0 Å². The van der Waals surface area contributed by atoms with Crippen molar-refractivity contribution in [2.75, 3.05) is 13.1 Å². The molecule has 2 heterocycles. The van der Waals surface area contributed by atoms with Gasteiger partial charge in [-0.1, -0.05) is 0 Å². The van der Waals surface area contributed by atoms with Crippen molar-refractivity contribution in [3.05, 3.63) is 11.8 Å². The maximum atomic E-state index is 4.18. The summed E-state index contributed by atoms with van der Waals surface area (Å²) in [5.41, 5.74) is 1.39. The highest BCUT2D eigenvalue weighted by molar-refractivity contribution is 5.73. The van der Waals surface area contributed by atoms with Crippen molar-refractivity contribution in [2.45, 2.75) is 6.42 Å². The molecule has 2 heteroatoms. The van der Waals surface area contributed by atoms with Crippen LogP contribution in [0.25, 0.3) is 0 Å². The number of fused-ring (bicyclic) bond motifs is 1. The monoisotopic (exact) mass is 122 g/mol. The van der Waals surface area contributed by atoms with E-state index in [4.69, 9.17) is 0 Å². The Kier molecular flexibility index (Phi) is 1.04. The average molecular weight is 122 g/mol. The molecule has 1 fully saturated rings. The van der Waals surface area contributed by atoms with Crippen LogP contribution in [0.3, 0.4) is 0 Å². The van der Waals surface area contributed by atoms with Gasteiger partial charge in [0.25, 0.3) is 0 Å². The molecule has 0 saturated carbocycles. The number of hydrogen-bond acceptors (Lipinski definition) is 2. The Balaban J connectivity index is 2.23. The van der Waals surface area contributed by atoms with Crippen molar-refractivity contribution in [1.82, 2.24) is 5.32 Å². The highest BCUT2D eigenvalue weighted by Gasteiger charge is 2.20. The van der Waals surface area contributed by atoms with E-state index in [1.165, 1.54) is 12.1 Å². The lowest BCUT2D eigenvalue weighted by atomic mass is 10.0. The number of aliphatic imine (C=N–C) groups is 1. The average Bonchev–Trinajstić information content (AvgIpc) is 2.33.